The lowest BCUT2D eigenvalue weighted by Gasteiger charge is -2.04. The molecule has 2 heteroatoms. The van der Waals surface area contributed by atoms with E-state index in [1.165, 1.54) is 10.9 Å². The van der Waals surface area contributed by atoms with E-state index in [4.69, 9.17) is 0 Å². The topological polar surface area (TPSA) is 0 Å². The van der Waals surface area contributed by atoms with Gasteiger partial charge in [0.15, 0.2) is 0 Å². The SMILES string of the molecule is CC(C)c1cccc(P)c1.Cl. The molecule has 0 saturated heterocycles. The van der Waals surface area contributed by atoms with Crippen LogP contribution in [0.2, 0.25) is 0 Å². The van der Waals surface area contributed by atoms with Crippen LogP contribution in [0.25, 0.3) is 0 Å². The molecule has 0 N–H and O–H groups in total. The number of hydrogen-bond donors (Lipinski definition) is 0. The van der Waals surface area contributed by atoms with Gasteiger partial charge in [-0.3, -0.25) is 0 Å². The molecule has 0 fully saturated rings. The third-order valence-electron chi connectivity index (χ3n) is 1.58. The van der Waals surface area contributed by atoms with Crippen molar-refractivity contribution >= 4 is 27.0 Å². The minimum absolute atomic E-state index is 0. The van der Waals surface area contributed by atoms with Crippen LogP contribution >= 0.6 is 21.6 Å². The lowest BCUT2D eigenvalue weighted by atomic mass is 10.0. The predicted octanol–water partition coefficient (Wildman–Crippen LogP) is 2.73. The molecule has 1 aromatic carbocycles. The zero-order valence-electron chi connectivity index (χ0n) is 6.87. The normalized spacial score (nSPS) is 9.45. The van der Waals surface area contributed by atoms with Gasteiger partial charge in [0, 0.05) is 0 Å². The van der Waals surface area contributed by atoms with Gasteiger partial charge in [0.25, 0.3) is 0 Å². The van der Waals surface area contributed by atoms with E-state index in [1.54, 1.807) is 0 Å². The Bertz CT molecular complexity index is 221. The first-order chi connectivity index (χ1) is 4.70. The summed E-state index contributed by atoms with van der Waals surface area (Å²) < 4.78 is 0. The van der Waals surface area contributed by atoms with Gasteiger partial charge in [-0.15, -0.1) is 21.6 Å². The van der Waals surface area contributed by atoms with Gasteiger partial charge in [-0.25, -0.2) is 0 Å². The van der Waals surface area contributed by atoms with E-state index in [2.05, 4.69) is 47.4 Å². The molecule has 1 aromatic rings. The fourth-order valence-electron chi connectivity index (χ4n) is 0.918. The van der Waals surface area contributed by atoms with Gasteiger partial charge in [0.1, 0.15) is 0 Å². The predicted molar refractivity (Wildman–Crippen MR) is 57.1 cm³/mol. The minimum Gasteiger partial charge on any atom is -0.147 e. The Balaban J connectivity index is 0.000001000. The molecule has 1 unspecified atom stereocenters. The van der Waals surface area contributed by atoms with Crippen LogP contribution in [-0.2, 0) is 0 Å². The fraction of sp³-hybridized carbons (Fsp3) is 0.333. The Morgan fingerprint density at radius 2 is 1.91 bits per heavy atom. The van der Waals surface area contributed by atoms with Crippen molar-refractivity contribution < 1.29 is 0 Å². The highest BCUT2D eigenvalue weighted by molar-refractivity contribution is 7.27. The van der Waals surface area contributed by atoms with Crippen LogP contribution in [0.3, 0.4) is 0 Å². The third kappa shape index (κ3) is 3.22. The number of rotatable bonds is 1. The van der Waals surface area contributed by atoms with Crippen LogP contribution in [0, 0.1) is 0 Å². The second-order valence-corrected chi connectivity index (χ2v) is 3.49. The molecule has 0 nitrogen and oxygen atoms in total. The molecule has 62 valence electrons. The van der Waals surface area contributed by atoms with Crippen LogP contribution in [0.15, 0.2) is 24.3 Å². The third-order valence-corrected chi connectivity index (χ3v) is 1.94. The Labute approximate surface area is 77.0 Å². The second kappa shape index (κ2) is 4.74. The molecule has 0 radical (unpaired) electrons. The Hall–Kier alpha value is -0.0600. The maximum atomic E-state index is 2.71. The lowest BCUT2D eigenvalue weighted by Crippen LogP contribution is -1.94. The molecule has 0 bridgehead atoms. The highest BCUT2D eigenvalue weighted by Gasteiger charge is 1.96. The van der Waals surface area contributed by atoms with E-state index in [-0.39, 0.29) is 12.4 Å². The summed E-state index contributed by atoms with van der Waals surface area (Å²) in [6.07, 6.45) is 0. The van der Waals surface area contributed by atoms with Crippen molar-refractivity contribution in [2.24, 2.45) is 0 Å². The highest BCUT2D eigenvalue weighted by Crippen LogP contribution is 2.12. The summed E-state index contributed by atoms with van der Waals surface area (Å²) in [5, 5.41) is 1.27. The first-order valence-electron chi connectivity index (χ1n) is 3.55. The average Bonchev–Trinajstić information content (AvgIpc) is 1.88. The number of halogens is 1. The van der Waals surface area contributed by atoms with Crippen LogP contribution in [-0.4, -0.2) is 0 Å². The van der Waals surface area contributed by atoms with Crippen molar-refractivity contribution in [2.45, 2.75) is 19.8 Å². The van der Waals surface area contributed by atoms with Gasteiger partial charge in [-0.2, -0.15) is 0 Å². The van der Waals surface area contributed by atoms with E-state index >= 15 is 0 Å². The van der Waals surface area contributed by atoms with Crippen LogP contribution in [0.4, 0.5) is 0 Å². The summed E-state index contributed by atoms with van der Waals surface area (Å²) in [5.74, 6) is 0.639. The molecule has 0 spiro atoms. The van der Waals surface area contributed by atoms with Crippen molar-refractivity contribution in [1.82, 2.24) is 0 Å². The van der Waals surface area contributed by atoms with Crippen molar-refractivity contribution in [3.05, 3.63) is 29.8 Å². The quantitative estimate of drug-likeness (QED) is 0.595. The van der Waals surface area contributed by atoms with E-state index in [1.807, 2.05) is 0 Å². The minimum atomic E-state index is 0. The molecule has 1 atom stereocenters. The van der Waals surface area contributed by atoms with Crippen molar-refractivity contribution in [3.8, 4) is 0 Å². The van der Waals surface area contributed by atoms with Gasteiger partial charge in [0.2, 0.25) is 0 Å². The molecule has 11 heavy (non-hydrogen) atoms. The van der Waals surface area contributed by atoms with Gasteiger partial charge in [-0.05, 0) is 16.8 Å². The zero-order valence-corrected chi connectivity index (χ0v) is 8.84. The van der Waals surface area contributed by atoms with Crippen molar-refractivity contribution in [2.75, 3.05) is 0 Å². The highest BCUT2D eigenvalue weighted by atomic mass is 35.5. The monoisotopic (exact) mass is 188 g/mol. The summed E-state index contributed by atoms with van der Waals surface area (Å²) in [4.78, 5) is 0. The van der Waals surface area contributed by atoms with Crippen molar-refractivity contribution in [1.29, 1.82) is 0 Å². The van der Waals surface area contributed by atoms with Crippen LogP contribution in [0.5, 0.6) is 0 Å². The summed E-state index contributed by atoms with van der Waals surface area (Å²) in [5.41, 5.74) is 1.41. The van der Waals surface area contributed by atoms with Crippen molar-refractivity contribution in [3.63, 3.8) is 0 Å². The van der Waals surface area contributed by atoms with E-state index < -0.39 is 0 Å². The standard InChI is InChI=1S/C9H13P.ClH/c1-7(2)8-4-3-5-9(10)6-8;/h3-7H,10H2,1-2H3;1H. The maximum Gasteiger partial charge on any atom is -0.0219 e. The molecular weight excluding hydrogens is 175 g/mol. The second-order valence-electron chi connectivity index (χ2n) is 2.82. The summed E-state index contributed by atoms with van der Waals surface area (Å²) in [6, 6.07) is 8.56. The fourth-order valence-corrected chi connectivity index (χ4v) is 1.22. The lowest BCUT2D eigenvalue weighted by molar-refractivity contribution is 0.868. The largest absolute Gasteiger partial charge is 0.147 e. The molecule has 0 amide bonds. The Morgan fingerprint density at radius 1 is 1.27 bits per heavy atom. The first kappa shape index (κ1) is 10.9. The number of benzene rings is 1. The number of hydrogen-bond acceptors (Lipinski definition) is 0. The van der Waals surface area contributed by atoms with Crippen LogP contribution < -0.4 is 5.30 Å². The van der Waals surface area contributed by atoms with Gasteiger partial charge >= 0.3 is 0 Å². The molecule has 1 rings (SSSR count). The van der Waals surface area contributed by atoms with Crippen LogP contribution in [0.1, 0.15) is 25.3 Å². The Kier molecular flexibility index (Phi) is 4.72. The first-order valence-corrected chi connectivity index (χ1v) is 4.13. The Morgan fingerprint density at radius 3 is 2.27 bits per heavy atom. The molecule has 0 aliphatic carbocycles. The maximum absolute atomic E-state index is 2.71. The summed E-state index contributed by atoms with van der Waals surface area (Å²) in [6.45, 7) is 4.42. The van der Waals surface area contributed by atoms with E-state index in [9.17, 15) is 0 Å². The van der Waals surface area contributed by atoms with Gasteiger partial charge < -0.3 is 0 Å². The summed E-state index contributed by atoms with van der Waals surface area (Å²) in [7, 11) is 2.71. The average molecular weight is 189 g/mol. The molecule has 0 aliphatic rings. The molecule has 0 saturated carbocycles. The molecule has 0 heterocycles. The zero-order chi connectivity index (χ0) is 7.56. The molecule has 0 aromatic heterocycles. The van der Waals surface area contributed by atoms with E-state index in [0.29, 0.717) is 5.92 Å². The van der Waals surface area contributed by atoms with Gasteiger partial charge in [-0.1, -0.05) is 38.1 Å². The molecule has 0 aliphatic heterocycles. The smallest absolute Gasteiger partial charge is 0.0219 e. The summed E-state index contributed by atoms with van der Waals surface area (Å²) >= 11 is 0. The molecular formula is C9H14ClP. The van der Waals surface area contributed by atoms with E-state index in [0.717, 1.165) is 0 Å². The van der Waals surface area contributed by atoms with Gasteiger partial charge in [0.05, 0.1) is 0 Å².